The van der Waals surface area contributed by atoms with E-state index < -0.39 is 0 Å². The molecule has 17 heavy (non-hydrogen) atoms. The minimum Gasteiger partial charge on any atom is -0.355 e. The van der Waals surface area contributed by atoms with Crippen molar-refractivity contribution in [1.82, 2.24) is 10.2 Å². The summed E-state index contributed by atoms with van der Waals surface area (Å²) in [4.78, 5) is 25.1. The molecule has 0 bridgehead atoms. The fourth-order valence-corrected chi connectivity index (χ4v) is 2.37. The maximum Gasteiger partial charge on any atom is 0.234 e. The van der Waals surface area contributed by atoms with Gasteiger partial charge in [0.15, 0.2) is 0 Å². The van der Waals surface area contributed by atoms with Crippen LogP contribution in [0.15, 0.2) is 0 Å². The highest BCUT2D eigenvalue weighted by molar-refractivity contribution is 5.84. The lowest BCUT2D eigenvalue weighted by Gasteiger charge is -2.23. The third kappa shape index (κ3) is 5.31. The first-order valence-electron chi connectivity index (χ1n) is 6.61. The van der Waals surface area contributed by atoms with E-state index in [1.165, 1.54) is 19.3 Å². The second kappa shape index (κ2) is 7.43. The van der Waals surface area contributed by atoms with Crippen LogP contribution in [0.2, 0.25) is 0 Å². The minimum atomic E-state index is -0.00792. The quantitative estimate of drug-likeness (QED) is 0.759. The molecule has 1 saturated carbocycles. The summed E-state index contributed by atoms with van der Waals surface area (Å²) in [6, 6.07) is 0. The van der Waals surface area contributed by atoms with E-state index in [2.05, 4.69) is 5.32 Å². The summed E-state index contributed by atoms with van der Waals surface area (Å²) in [5.41, 5.74) is 0. The number of Topliss-reactive ketones (excluding diaryl/α,β-unsaturated/α-hetero) is 1. The van der Waals surface area contributed by atoms with E-state index >= 15 is 0 Å². The van der Waals surface area contributed by atoms with E-state index in [1.807, 2.05) is 18.9 Å². The molecular formula is C13H24N2O2. The number of rotatable bonds is 6. The van der Waals surface area contributed by atoms with Crippen LogP contribution in [0.5, 0.6) is 0 Å². The van der Waals surface area contributed by atoms with E-state index in [4.69, 9.17) is 0 Å². The van der Waals surface area contributed by atoms with Crippen molar-refractivity contribution < 1.29 is 9.59 Å². The Balaban J connectivity index is 2.26. The fraction of sp³-hybridized carbons (Fsp3) is 0.846. The molecular weight excluding hydrogens is 216 g/mol. The number of nitrogens with zero attached hydrogens (tertiary/aromatic N) is 1. The Labute approximate surface area is 104 Å². The Morgan fingerprint density at radius 3 is 2.41 bits per heavy atom. The molecule has 1 N–H and O–H groups in total. The van der Waals surface area contributed by atoms with Crippen LogP contribution in [0.3, 0.4) is 0 Å². The Hall–Kier alpha value is -0.900. The second-order valence-corrected chi connectivity index (χ2v) is 4.93. The van der Waals surface area contributed by atoms with Crippen LogP contribution in [0.1, 0.15) is 39.0 Å². The first kappa shape index (κ1) is 14.2. The zero-order valence-electron chi connectivity index (χ0n) is 11.0. The minimum absolute atomic E-state index is 0.00792. The highest BCUT2D eigenvalue weighted by Crippen LogP contribution is 2.24. The number of nitrogens with one attached hydrogen (secondary N) is 1. The van der Waals surface area contributed by atoms with Crippen LogP contribution in [0.25, 0.3) is 0 Å². The summed E-state index contributed by atoms with van der Waals surface area (Å²) in [6.45, 7) is 3.25. The number of carbonyl (C=O) groups excluding carboxylic acids is 2. The summed E-state index contributed by atoms with van der Waals surface area (Å²) in [5, 5.41) is 2.74. The van der Waals surface area contributed by atoms with Gasteiger partial charge in [-0.1, -0.05) is 19.3 Å². The van der Waals surface area contributed by atoms with Crippen LogP contribution in [-0.2, 0) is 9.59 Å². The molecule has 1 fully saturated rings. The molecule has 0 aromatic rings. The molecule has 0 saturated heterocycles. The first-order valence-corrected chi connectivity index (χ1v) is 6.61. The van der Waals surface area contributed by atoms with E-state index in [0.29, 0.717) is 25.4 Å². The van der Waals surface area contributed by atoms with Gasteiger partial charge in [0.25, 0.3) is 0 Å². The average molecular weight is 240 g/mol. The largest absolute Gasteiger partial charge is 0.355 e. The Kier molecular flexibility index (Phi) is 6.19. The van der Waals surface area contributed by atoms with E-state index in [1.54, 1.807) is 0 Å². The molecule has 4 nitrogen and oxygen atoms in total. The zero-order valence-corrected chi connectivity index (χ0v) is 11.0. The number of hydrogen-bond donors (Lipinski definition) is 1. The number of ketones is 1. The van der Waals surface area contributed by atoms with Gasteiger partial charge in [0, 0.05) is 12.5 Å². The van der Waals surface area contributed by atoms with Gasteiger partial charge in [0.1, 0.15) is 5.78 Å². The number of carbonyl (C=O) groups is 2. The monoisotopic (exact) mass is 240 g/mol. The fourth-order valence-electron chi connectivity index (χ4n) is 2.37. The Morgan fingerprint density at radius 1 is 1.18 bits per heavy atom. The van der Waals surface area contributed by atoms with Gasteiger partial charge in [-0.3, -0.25) is 14.5 Å². The third-order valence-corrected chi connectivity index (χ3v) is 3.27. The highest BCUT2D eigenvalue weighted by Gasteiger charge is 2.22. The van der Waals surface area contributed by atoms with E-state index in [0.717, 1.165) is 12.8 Å². The lowest BCUT2D eigenvalue weighted by Crippen LogP contribution is -2.39. The summed E-state index contributed by atoms with van der Waals surface area (Å²) in [5.74, 6) is 0.531. The molecule has 0 heterocycles. The van der Waals surface area contributed by atoms with Crippen molar-refractivity contribution in [2.75, 3.05) is 26.7 Å². The molecule has 0 unspecified atom stereocenters. The van der Waals surface area contributed by atoms with Crippen LogP contribution < -0.4 is 5.32 Å². The van der Waals surface area contributed by atoms with Gasteiger partial charge < -0.3 is 5.32 Å². The molecule has 1 amide bonds. The van der Waals surface area contributed by atoms with Crippen molar-refractivity contribution in [2.45, 2.75) is 39.0 Å². The second-order valence-electron chi connectivity index (χ2n) is 4.93. The van der Waals surface area contributed by atoms with Crippen molar-refractivity contribution >= 4 is 11.7 Å². The number of likely N-dealkylation sites (N-methyl/N-ethyl adjacent to an activating group) is 2. The molecule has 1 aliphatic carbocycles. The van der Waals surface area contributed by atoms with Gasteiger partial charge in [0.05, 0.1) is 13.1 Å². The highest BCUT2D eigenvalue weighted by atomic mass is 16.2. The summed E-state index contributed by atoms with van der Waals surface area (Å²) in [7, 11) is 1.83. The van der Waals surface area contributed by atoms with Crippen LogP contribution >= 0.6 is 0 Å². The van der Waals surface area contributed by atoms with E-state index in [-0.39, 0.29) is 11.8 Å². The topological polar surface area (TPSA) is 49.4 Å². The third-order valence-electron chi connectivity index (χ3n) is 3.27. The average Bonchev–Trinajstić information content (AvgIpc) is 2.30. The predicted octanol–water partition coefficient (Wildman–Crippen LogP) is 1.20. The molecule has 0 aliphatic heterocycles. The van der Waals surface area contributed by atoms with Crippen molar-refractivity contribution in [1.29, 1.82) is 0 Å². The summed E-state index contributed by atoms with van der Waals surface area (Å²) < 4.78 is 0. The van der Waals surface area contributed by atoms with Gasteiger partial charge in [-0.15, -0.1) is 0 Å². The number of amides is 1. The standard InChI is InChI=1S/C13H24N2O2/c1-3-14-13(17)10-15(2)9-12(16)11-7-5-4-6-8-11/h11H,3-10H2,1-2H3,(H,14,17). The van der Waals surface area contributed by atoms with Crippen LogP contribution in [-0.4, -0.2) is 43.3 Å². The van der Waals surface area contributed by atoms with Crippen molar-refractivity contribution in [3.8, 4) is 0 Å². The lowest BCUT2D eigenvalue weighted by molar-refractivity contribution is -0.126. The predicted molar refractivity (Wildman–Crippen MR) is 67.8 cm³/mol. The Bertz CT molecular complexity index is 260. The molecule has 0 atom stereocenters. The SMILES string of the molecule is CCNC(=O)CN(C)CC(=O)C1CCCCC1. The number of hydrogen-bond acceptors (Lipinski definition) is 3. The van der Waals surface area contributed by atoms with Gasteiger partial charge >= 0.3 is 0 Å². The molecule has 4 heteroatoms. The van der Waals surface area contributed by atoms with Crippen molar-refractivity contribution in [3.63, 3.8) is 0 Å². The molecule has 0 aromatic carbocycles. The maximum atomic E-state index is 12.0. The lowest BCUT2D eigenvalue weighted by atomic mass is 9.86. The maximum absolute atomic E-state index is 12.0. The molecule has 1 aliphatic rings. The van der Waals surface area contributed by atoms with Crippen molar-refractivity contribution in [2.24, 2.45) is 5.92 Å². The Morgan fingerprint density at radius 2 is 1.82 bits per heavy atom. The molecule has 1 rings (SSSR count). The van der Waals surface area contributed by atoms with Gasteiger partial charge in [-0.2, -0.15) is 0 Å². The zero-order chi connectivity index (χ0) is 12.7. The van der Waals surface area contributed by atoms with Gasteiger partial charge in [-0.25, -0.2) is 0 Å². The van der Waals surface area contributed by atoms with E-state index in [9.17, 15) is 9.59 Å². The van der Waals surface area contributed by atoms with Gasteiger partial charge in [-0.05, 0) is 26.8 Å². The first-order chi connectivity index (χ1) is 8.13. The van der Waals surface area contributed by atoms with Crippen LogP contribution in [0.4, 0.5) is 0 Å². The normalized spacial score (nSPS) is 17.1. The molecule has 0 spiro atoms. The molecule has 0 radical (unpaired) electrons. The van der Waals surface area contributed by atoms with Crippen LogP contribution in [0, 0.1) is 5.92 Å². The smallest absolute Gasteiger partial charge is 0.234 e. The summed E-state index contributed by atoms with van der Waals surface area (Å²) >= 11 is 0. The van der Waals surface area contributed by atoms with Crippen molar-refractivity contribution in [3.05, 3.63) is 0 Å². The van der Waals surface area contributed by atoms with Gasteiger partial charge in [0.2, 0.25) is 5.91 Å². The molecule has 0 aromatic heterocycles. The molecule has 98 valence electrons. The summed E-state index contributed by atoms with van der Waals surface area (Å²) in [6.07, 6.45) is 5.69.